The molecular formula is C27H53N2+. The number of nitrogens with zero attached hydrogens (tertiary/aromatic N) is 2. The molecule has 0 bridgehead atoms. The van der Waals surface area contributed by atoms with Gasteiger partial charge < -0.3 is 0 Å². The van der Waals surface area contributed by atoms with E-state index in [9.17, 15) is 0 Å². The third-order valence-corrected chi connectivity index (χ3v) is 6.32. The smallest absolute Gasteiger partial charge is 0.234 e. The fourth-order valence-corrected chi connectivity index (χ4v) is 4.42. The van der Waals surface area contributed by atoms with Crippen LogP contribution in [0.25, 0.3) is 0 Å². The second-order valence-electron chi connectivity index (χ2n) is 9.15. The summed E-state index contributed by atoms with van der Waals surface area (Å²) in [5.74, 6) is 1.56. The first kappa shape index (κ1) is 26.2. The molecule has 0 amide bonds. The van der Waals surface area contributed by atoms with Gasteiger partial charge in [0.25, 0.3) is 5.82 Å². The Morgan fingerprint density at radius 3 is 1.59 bits per heavy atom. The van der Waals surface area contributed by atoms with Crippen LogP contribution in [0.2, 0.25) is 0 Å². The van der Waals surface area contributed by atoms with Crippen molar-refractivity contribution < 1.29 is 4.57 Å². The molecule has 0 saturated carbocycles. The van der Waals surface area contributed by atoms with Gasteiger partial charge in [0.1, 0.15) is 12.4 Å². The maximum Gasteiger partial charge on any atom is 0.256 e. The Hall–Kier alpha value is -0.790. The molecule has 0 aromatic carbocycles. The summed E-state index contributed by atoms with van der Waals surface area (Å²) in [7, 11) is 0. The highest BCUT2D eigenvalue weighted by Crippen LogP contribution is 2.12. The van der Waals surface area contributed by atoms with Crippen molar-refractivity contribution in [2.45, 2.75) is 156 Å². The van der Waals surface area contributed by atoms with Crippen LogP contribution in [0.3, 0.4) is 0 Å². The van der Waals surface area contributed by atoms with Crippen LogP contribution in [0.4, 0.5) is 0 Å². The van der Waals surface area contributed by atoms with Gasteiger partial charge in [0, 0.05) is 6.42 Å². The Morgan fingerprint density at radius 2 is 1.07 bits per heavy atom. The van der Waals surface area contributed by atoms with Crippen molar-refractivity contribution in [3.05, 3.63) is 18.2 Å². The van der Waals surface area contributed by atoms with Gasteiger partial charge in [-0.15, -0.1) is 0 Å². The Labute approximate surface area is 183 Å². The molecule has 1 rings (SSSR count). The van der Waals surface area contributed by atoms with Gasteiger partial charge in [-0.1, -0.05) is 104 Å². The lowest BCUT2D eigenvalue weighted by molar-refractivity contribution is -0.704. The van der Waals surface area contributed by atoms with E-state index >= 15 is 0 Å². The zero-order valence-corrected chi connectivity index (χ0v) is 20.4. The summed E-state index contributed by atoms with van der Waals surface area (Å²) >= 11 is 0. The fraction of sp³-hybridized carbons (Fsp3) is 0.889. The van der Waals surface area contributed by atoms with Crippen molar-refractivity contribution in [3.8, 4) is 0 Å². The number of imidazole rings is 1. The molecule has 0 aliphatic rings. The standard InChI is InChI=1S/C27H53N2/c1-4-7-9-11-13-14-15-17-19-21-24-29-26-25-28(27(29)22-6-3)23-20-18-16-12-10-8-5-2/h25-26H,4-24H2,1-3H3/q+1. The van der Waals surface area contributed by atoms with Crippen molar-refractivity contribution >= 4 is 0 Å². The molecule has 0 aliphatic heterocycles. The van der Waals surface area contributed by atoms with Crippen LogP contribution < -0.4 is 4.57 Å². The summed E-state index contributed by atoms with van der Waals surface area (Å²) in [5.41, 5.74) is 0. The van der Waals surface area contributed by atoms with E-state index in [1.807, 2.05) is 0 Å². The zero-order chi connectivity index (χ0) is 21.0. The van der Waals surface area contributed by atoms with Gasteiger partial charge in [0.05, 0.1) is 13.1 Å². The van der Waals surface area contributed by atoms with E-state index in [1.54, 1.807) is 5.82 Å². The minimum absolute atomic E-state index is 1.22. The summed E-state index contributed by atoms with van der Waals surface area (Å²) in [4.78, 5) is 0. The first-order chi connectivity index (χ1) is 14.3. The molecule has 170 valence electrons. The average Bonchev–Trinajstić information content (AvgIpc) is 3.10. The van der Waals surface area contributed by atoms with E-state index < -0.39 is 0 Å². The van der Waals surface area contributed by atoms with Crippen LogP contribution in [0.1, 0.15) is 142 Å². The molecule has 0 atom stereocenters. The Kier molecular flexibility index (Phi) is 17.4. The van der Waals surface area contributed by atoms with Crippen LogP contribution in [-0.2, 0) is 19.5 Å². The molecule has 1 heterocycles. The maximum atomic E-state index is 2.55. The summed E-state index contributed by atoms with van der Waals surface area (Å²) in [6.07, 6.45) is 31.2. The maximum absolute atomic E-state index is 2.55. The summed E-state index contributed by atoms with van der Waals surface area (Å²) in [5, 5.41) is 0. The second-order valence-corrected chi connectivity index (χ2v) is 9.15. The number of unbranched alkanes of at least 4 members (excludes halogenated alkanes) is 15. The molecule has 2 nitrogen and oxygen atoms in total. The number of aryl methyl sites for hydroxylation is 2. The molecule has 0 aliphatic carbocycles. The predicted molar refractivity (Wildman–Crippen MR) is 128 cm³/mol. The van der Waals surface area contributed by atoms with Crippen molar-refractivity contribution in [1.82, 2.24) is 4.57 Å². The van der Waals surface area contributed by atoms with E-state index in [0.29, 0.717) is 0 Å². The molecule has 0 N–H and O–H groups in total. The predicted octanol–water partition coefficient (Wildman–Crippen LogP) is 8.40. The van der Waals surface area contributed by atoms with E-state index in [2.05, 4.69) is 42.3 Å². The monoisotopic (exact) mass is 405 g/mol. The van der Waals surface area contributed by atoms with Gasteiger partial charge in [-0.2, -0.15) is 0 Å². The van der Waals surface area contributed by atoms with Gasteiger partial charge in [-0.3, -0.25) is 0 Å². The van der Waals surface area contributed by atoms with Crippen molar-refractivity contribution in [2.24, 2.45) is 0 Å². The first-order valence-electron chi connectivity index (χ1n) is 13.4. The number of aromatic nitrogens is 2. The quantitative estimate of drug-likeness (QED) is 0.143. The lowest BCUT2D eigenvalue weighted by atomic mass is 10.1. The SMILES string of the molecule is CCCCCCCCCCCCn1cc[n+](CCCCCCCCC)c1CCC. The first-order valence-corrected chi connectivity index (χ1v) is 13.4. The van der Waals surface area contributed by atoms with Crippen LogP contribution >= 0.6 is 0 Å². The average molecular weight is 406 g/mol. The van der Waals surface area contributed by atoms with Crippen molar-refractivity contribution in [3.63, 3.8) is 0 Å². The van der Waals surface area contributed by atoms with Crippen molar-refractivity contribution in [2.75, 3.05) is 0 Å². The van der Waals surface area contributed by atoms with E-state index in [0.717, 1.165) is 0 Å². The van der Waals surface area contributed by atoms with Crippen LogP contribution in [0.5, 0.6) is 0 Å². The highest BCUT2D eigenvalue weighted by molar-refractivity contribution is 4.84. The van der Waals surface area contributed by atoms with Gasteiger partial charge in [0.15, 0.2) is 0 Å². The van der Waals surface area contributed by atoms with Crippen LogP contribution in [0.15, 0.2) is 12.4 Å². The number of hydrogen-bond acceptors (Lipinski definition) is 0. The molecule has 2 heteroatoms. The zero-order valence-electron chi connectivity index (χ0n) is 20.4. The summed E-state index contributed by atoms with van der Waals surface area (Å²) in [6.45, 7) is 9.35. The minimum atomic E-state index is 1.22. The lowest BCUT2D eigenvalue weighted by Gasteiger charge is -2.06. The highest BCUT2D eigenvalue weighted by atomic mass is 15.1. The molecular weight excluding hydrogens is 352 g/mol. The molecule has 1 aromatic heterocycles. The Balaban J connectivity index is 2.18. The number of hydrogen-bond donors (Lipinski definition) is 0. The van der Waals surface area contributed by atoms with Crippen LogP contribution in [-0.4, -0.2) is 4.57 Å². The van der Waals surface area contributed by atoms with Gasteiger partial charge in [0.2, 0.25) is 0 Å². The summed E-state index contributed by atoms with van der Waals surface area (Å²) < 4.78 is 5.10. The highest BCUT2D eigenvalue weighted by Gasteiger charge is 2.15. The van der Waals surface area contributed by atoms with Gasteiger partial charge >= 0.3 is 0 Å². The fourth-order valence-electron chi connectivity index (χ4n) is 4.42. The molecule has 0 unspecified atom stereocenters. The number of rotatable bonds is 21. The van der Waals surface area contributed by atoms with Gasteiger partial charge in [-0.25, -0.2) is 9.13 Å². The third kappa shape index (κ3) is 13.2. The Bertz CT molecular complexity index is 463. The van der Waals surface area contributed by atoms with E-state index in [4.69, 9.17) is 0 Å². The normalized spacial score (nSPS) is 11.4. The minimum Gasteiger partial charge on any atom is -0.234 e. The van der Waals surface area contributed by atoms with Gasteiger partial charge in [-0.05, 0) is 32.1 Å². The summed E-state index contributed by atoms with van der Waals surface area (Å²) in [6, 6.07) is 0. The largest absolute Gasteiger partial charge is 0.256 e. The lowest BCUT2D eigenvalue weighted by Crippen LogP contribution is -2.37. The molecule has 0 radical (unpaired) electrons. The molecule has 0 fully saturated rings. The molecule has 0 spiro atoms. The molecule has 29 heavy (non-hydrogen) atoms. The van der Waals surface area contributed by atoms with E-state index in [-0.39, 0.29) is 0 Å². The van der Waals surface area contributed by atoms with Crippen LogP contribution in [0, 0.1) is 0 Å². The molecule has 0 saturated heterocycles. The second kappa shape index (κ2) is 19.2. The Morgan fingerprint density at radius 1 is 0.586 bits per heavy atom. The molecule has 1 aromatic rings. The third-order valence-electron chi connectivity index (χ3n) is 6.32. The topological polar surface area (TPSA) is 8.81 Å². The van der Waals surface area contributed by atoms with Crippen molar-refractivity contribution in [1.29, 1.82) is 0 Å². The van der Waals surface area contributed by atoms with E-state index in [1.165, 1.54) is 135 Å².